The summed E-state index contributed by atoms with van der Waals surface area (Å²) in [6, 6.07) is 0. The Bertz CT molecular complexity index is 218. The van der Waals surface area contributed by atoms with E-state index in [1.165, 1.54) is 37.1 Å². The van der Waals surface area contributed by atoms with Crippen LogP contribution in [-0.2, 0) is 4.79 Å². The zero-order valence-electron chi connectivity index (χ0n) is 11.0. The molecular weight excluding hydrogens is 218 g/mol. The zero-order valence-corrected chi connectivity index (χ0v) is 11.0. The molecule has 0 rings (SSSR count). The van der Waals surface area contributed by atoms with Crippen molar-refractivity contribution in [3.05, 3.63) is 0 Å². The Hall–Kier alpha value is -1.10. The molecule has 0 radical (unpaired) electrons. The van der Waals surface area contributed by atoms with Gasteiger partial charge in [-0.1, -0.05) is 24.4 Å². The Kier molecular flexibility index (Phi) is 10.7. The Morgan fingerprint density at radius 3 is 2.35 bits per heavy atom. The molecule has 0 aliphatic carbocycles. The summed E-state index contributed by atoms with van der Waals surface area (Å²) < 4.78 is 0. The Morgan fingerprint density at radius 1 is 1.18 bits per heavy atom. The van der Waals surface area contributed by atoms with E-state index in [-0.39, 0.29) is 5.91 Å². The van der Waals surface area contributed by atoms with E-state index < -0.39 is 0 Å². The minimum absolute atomic E-state index is 0.332. The molecule has 0 aromatic rings. The van der Waals surface area contributed by atoms with Gasteiger partial charge in [0, 0.05) is 6.54 Å². The molecule has 0 spiro atoms. The molecule has 0 heterocycles. The number of amides is 1. The van der Waals surface area contributed by atoms with E-state index in [0.29, 0.717) is 6.54 Å². The van der Waals surface area contributed by atoms with Crippen LogP contribution in [0.4, 0.5) is 0 Å². The summed E-state index contributed by atoms with van der Waals surface area (Å²) in [6.45, 7) is 1.91. The maximum Gasteiger partial charge on any atom is 0.265 e. The van der Waals surface area contributed by atoms with E-state index in [9.17, 15) is 4.79 Å². The lowest BCUT2D eigenvalue weighted by Gasteiger charge is -2.06. The first-order valence-electron chi connectivity index (χ1n) is 6.41. The number of rotatable bonds is 10. The fourth-order valence-corrected chi connectivity index (χ4v) is 1.62. The van der Waals surface area contributed by atoms with Crippen molar-refractivity contribution < 1.29 is 14.9 Å². The van der Waals surface area contributed by atoms with Crippen LogP contribution in [0.3, 0.4) is 0 Å². The smallest absolute Gasteiger partial charge is 0.265 e. The van der Waals surface area contributed by atoms with Crippen LogP contribution in [-0.4, -0.2) is 44.5 Å². The normalized spacial score (nSPS) is 11.2. The van der Waals surface area contributed by atoms with E-state index in [2.05, 4.69) is 24.6 Å². The van der Waals surface area contributed by atoms with Gasteiger partial charge in [-0.2, -0.15) is 0 Å². The number of quaternary nitrogens is 1. The number of oxime groups is 1. The summed E-state index contributed by atoms with van der Waals surface area (Å²) in [5.41, 5.74) is 0. The lowest BCUT2D eigenvalue weighted by Crippen LogP contribution is -3.05. The first-order valence-corrected chi connectivity index (χ1v) is 6.41. The lowest BCUT2D eigenvalue weighted by molar-refractivity contribution is -0.858. The van der Waals surface area contributed by atoms with Gasteiger partial charge in [0.25, 0.3) is 5.91 Å². The van der Waals surface area contributed by atoms with Gasteiger partial charge in [0.15, 0.2) is 0 Å². The molecule has 3 N–H and O–H groups in total. The number of nitrogens with zero attached hydrogens (tertiary/aromatic N) is 1. The highest BCUT2D eigenvalue weighted by Gasteiger charge is 1.96. The van der Waals surface area contributed by atoms with Gasteiger partial charge < -0.3 is 15.4 Å². The average Bonchev–Trinajstić information content (AvgIpc) is 2.27. The van der Waals surface area contributed by atoms with Crippen LogP contribution in [0.2, 0.25) is 0 Å². The van der Waals surface area contributed by atoms with Crippen LogP contribution < -0.4 is 10.2 Å². The second-order valence-electron chi connectivity index (χ2n) is 4.61. The van der Waals surface area contributed by atoms with Crippen molar-refractivity contribution in [2.24, 2.45) is 5.16 Å². The summed E-state index contributed by atoms with van der Waals surface area (Å²) in [5, 5.41) is 13.4. The Morgan fingerprint density at radius 2 is 1.76 bits per heavy atom. The molecule has 0 atom stereocenters. The van der Waals surface area contributed by atoms with Crippen molar-refractivity contribution in [2.45, 2.75) is 38.5 Å². The van der Waals surface area contributed by atoms with Crippen molar-refractivity contribution in [3.63, 3.8) is 0 Å². The number of carbonyl (C=O) groups is 1. The molecule has 0 aliphatic rings. The van der Waals surface area contributed by atoms with Gasteiger partial charge in [0.2, 0.25) is 0 Å². The van der Waals surface area contributed by atoms with Crippen molar-refractivity contribution >= 4 is 12.1 Å². The van der Waals surface area contributed by atoms with Gasteiger partial charge in [0.05, 0.1) is 20.6 Å². The van der Waals surface area contributed by atoms with Gasteiger partial charge in [-0.3, -0.25) is 4.79 Å². The first-order chi connectivity index (χ1) is 8.16. The number of unbranched alkanes of at least 4 members (excludes halogenated alkanes) is 5. The van der Waals surface area contributed by atoms with Crippen LogP contribution >= 0.6 is 0 Å². The van der Waals surface area contributed by atoms with Gasteiger partial charge in [-0.05, 0) is 19.3 Å². The molecule has 0 bridgehead atoms. The van der Waals surface area contributed by atoms with Gasteiger partial charge in [0.1, 0.15) is 6.21 Å². The van der Waals surface area contributed by atoms with Gasteiger partial charge >= 0.3 is 0 Å². The fourth-order valence-electron chi connectivity index (χ4n) is 1.62. The average molecular weight is 244 g/mol. The van der Waals surface area contributed by atoms with E-state index in [1.54, 1.807) is 0 Å². The molecule has 5 nitrogen and oxygen atoms in total. The summed E-state index contributed by atoms with van der Waals surface area (Å²) in [6.07, 6.45) is 8.12. The number of hydrogen-bond acceptors (Lipinski definition) is 3. The van der Waals surface area contributed by atoms with Crippen LogP contribution in [0.15, 0.2) is 5.16 Å². The van der Waals surface area contributed by atoms with Gasteiger partial charge in [-0.25, -0.2) is 0 Å². The van der Waals surface area contributed by atoms with Crippen molar-refractivity contribution in [1.29, 1.82) is 0 Å². The van der Waals surface area contributed by atoms with Crippen LogP contribution in [0, 0.1) is 0 Å². The first kappa shape index (κ1) is 15.9. The molecule has 1 amide bonds. The second-order valence-corrected chi connectivity index (χ2v) is 4.61. The molecule has 0 aromatic heterocycles. The standard InChI is InChI=1S/C12H25N3O2/c1-15(2)10-8-6-4-3-5-7-9-13-12(16)11-14-17/h11,17H,3-10H2,1-2H3,(H,13,16)/p+1/b14-11+. The largest absolute Gasteiger partial charge is 0.411 e. The third kappa shape index (κ3) is 12.8. The summed E-state index contributed by atoms with van der Waals surface area (Å²) >= 11 is 0. The molecule has 0 saturated heterocycles. The Balaban J connectivity index is 3.11. The molecule has 0 unspecified atom stereocenters. The molecule has 0 saturated carbocycles. The third-order valence-corrected chi connectivity index (χ3v) is 2.58. The number of carbonyl (C=O) groups excluding carboxylic acids is 1. The number of hydrogen-bond donors (Lipinski definition) is 3. The Labute approximate surface area is 104 Å². The molecule has 17 heavy (non-hydrogen) atoms. The van der Waals surface area contributed by atoms with Crippen molar-refractivity contribution in [3.8, 4) is 0 Å². The fraction of sp³-hybridized carbons (Fsp3) is 0.833. The highest BCUT2D eigenvalue weighted by molar-refractivity contribution is 6.25. The lowest BCUT2D eigenvalue weighted by atomic mass is 10.1. The number of nitrogens with one attached hydrogen (secondary N) is 2. The second kappa shape index (κ2) is 11.4. The monoisotopic (exact) mass is 244 g/mol. The SMILES string of the molecule is C[NH+](C)CCCCCCCCNC(=O)/C=N/O. The van der Waals surface area contributed by atoms with Crippen LogP contribution in [0.25, 0.3) is 0 Å². The van der Waals surface area contributed by atoms with Crippen molar-refractivity contribution in [1.82, 2.24) is 5.32 Å². The topological polar surface area (TPSA) is 66.1 Å². The highest BCUT2D eigenvalue weighted by atomic mass is 16.4. The van der Waals surface area contributed by atoms with E-state index >= 15 is 0 Å². The molecule has 0 aliphatic heterocycles. The van der Waals surface area contributed by atoms with Crippen LogP contribution in [0.1, 0.15) is 38.5 Å². The predicted molar refractivity (Wildman–Crippen MR) is 68.7 cm³/mol. The summed E-state index contributed by atoms with van der Waals surface area (Å²) in [4.78, 5) is 12.4. The highest BCUT2D eigenvalue weighted by Crippen LogP contribution is 2.03. The predicted octanol–water partition coefficient (Wildman–Crippen LogP) is 0.0477. The molecular formula is C12H26N3O2+. The molecule has 5 heteroatoms. The molecule has 0 fully saturated rings. The minimum atomic E-state index is -0.332. The van der Waals surface area contributed by atoms with E-state index in [4.69, 9.17) is 5.21 Å². The minimum Gasteiger partial charge on any atom is -0.411 e. The maximum absolute atomic E-state index is 10.9. The van der Waals surface area contributed by atoms with E-state index in [1.807, 2.05) is 0 Å². The quantitative estimate of drug-likeness (QED) is 0.220. The molecule has 100 valence electrons. The third-order valence-electron chi connectivity index (χ3n) is 2.58. The van der Waals surface area contributed by atoms with Crippen LogP contribution in [0.5, 0.6) is 0 Å². The summed E-state index contributed by atoms with van der Waals surface area (Å²) in [5.74, 6) is -0.332. The summed E-state index contributed by atoms with van der Waals surface area (Å²) in [7, 11) is 4.36. The maximum atomic E-state index is 10.9. The van der Waals surface area contributed by atoms with Crippen molar-refractivity contribution in [2.75, 3.05) is 27.2 Å². The van der Waals surface area contributed by atoms with E-state index in [0.717, 1.165) is 19.1 Å². The molecule has 0 aromatic carbocycles. The van der Waals surface area contributed by atoms with Gasteiger partial charge in [-0.15, -0.1) is 0 Å². The zero-order chi connectivity index (χ0) is 12.9.